The van der Waals surface area contributed by atoms with E-state index in [1.54, 1.807) is 41.3 Å². The molecular weight excluding hydrogens is 456 g/mol. The fraction of sp³-hybridized carbons (Fsp3) is 0.182. The Balaban J connectivity index is 1.49. The summed E-state index contributed by atoms with van der Waals surface area (Å²) in [7, 11) is -3.66. The number of sulfonamides is 1. The van der Waals surface area contributed by atoms with Crippen LogP contribution in [-0.2, 0) is 10.0 Å². The first-order valence-corrected chi connectivity index (χ1v) is 12.3. The second kappa shape index (κ2) is 8.92. The van der Waals surface area contributed by atoms with Crippen molar-refractivity contribution in [1.82, 2.24) is 9.21 Å². The van der Waals surface area contributed by atoms with Gasteiger partial charge < -0.3 is 4.90 Å². The van der Waals surface area contributed by atoms with E-state index in [-0.39, 0.29) is 42.8 Å². The minimum Gasteiger partial charge on any atom is -0.336 e. The lowest BCUT2D eigenvalue weighted by atomic mass is 10.0. The van der Waals surface area contributed by atoms with Crippen LogP contribution >= 0.6 is 22.9 Å². The van der Waals surface area contributed by atoms with Crippen LogP contribution in [0.3, 0.4) is 0 Å². The number of carbonyl (C=O) groups is 2. The van der Waals surface area contributed by atoms with E-state index in [2.05, 4.69) is 0 Å². The highest BCUT2D eigenvalue weighted by Gasteiger charge is 2.31. The molecule has 1 aliphatic heterocycles. The Kier molecular flexibility index (Phi) is 6.24. The maximum absolute atomic E-state index is 13.2. The molecule has 0 unspecified atom stereocenters. The largest absolute Gasteiger partial charge is 0.336 e. The van der Waals surface area contributed by atoms with Crippen molar-refractivity contribution in [2.24, 2.45) is 0 Å². The molecule has 0 bridgehead atoms. The lowest BCUT2D eigenvalue weighted by molar-refractivity contribution is 0.0694. The molecule has 160 valence electrons. The van der Waals surface area contributed by atoms with Crippen molar-refractivity contribution in [2.75, 3.05) is 26.2 Å². The molecule has 2 aromatic carbocycles. The Morgan fingerprint density at radius 3 is 2.10 bits per heavy atom. The summed E-state index contributed by atoms with van der Waals surface area (Å²) >= 11 is 7.18. The highest BCUT2D eigenvalue weighted by atomic mass is 35.5. The summed E-state index contributed by atoms with van der Waals surface area (Å²) in [6.45, 7) is 0.843. The predicted octanol–water partition coefficient (Wildman–Crippen LogP) is 3.78. The number of nitrogens with zero attached hydrogens (tertiary/aromatic N) is 2. The standard InChI is InChI=1S/C22H19ClN2O4S2/c23-16-7-9-17(10-8-16)31(28,29)25-13-11-24(12-14-25)22(27)19-5-2-1-4-18(19)21(26)20-6-3-15-30-20/h1-10,15H,11-14H2. The first-order valence-electron chi connectivity index (χ1n) is 9.60. The van der Waals surface area contributed by atoms with Gasteiger partial charge in [-0.15, -0.1) is 11.3 Å². The van der Waals surface area contributed by atoms with Crippen LogP contribution in [0.5, 0.6) is 0 Å². The zero-order valence-electron chi connectivity index (χ0n) is 16.4. The molecule has 2 heterocycles. The van der Waals surface area contributed by atoms with Gasteiger partial charge in [-0.2, -0.15) is 4.31 Å². The lowest BCUT2D eigenvalue weighted by Crippen LogP contribution is -2.50. The minimum absolute atomic E-state index is 0.170. The summed E-state index contributed by atoms with van der Waals surface area (Å²) in [5.41, 5.74) is 0.682. The molecule has 0 saturated carbocycles. The Bertz CT molecular complexity index is 1200. The van der Waals surface area contributed by atoms with Crippen molar-refractivity contribution in [3.8, 4) is 0 Å². The average Bonchev–Trinajstić information content (AvgIpc) is 3.33. The topological polar surface area (TPSA) is 74.8 Å². The molecule has 0 radical (unpaired) electrons. The molecule has 0 atom stereocenters. The van der Waals surface area contributed by atoms with Gasteiger partial charge in [-0.05, 0) is 41.8 Å². The molecule has 0 aliphatic carbocycles. The fourth-order valence-corrected chi connectivity index (χ4v) is 5.69. The number of ketones is 1. The van der Waals surface area contributed by atoms with E-state index in [9.17, 15) is 18.0 Å². The Hall–Kier alpha value is -2.52. The van der Waals surface area contributed by atoms with Gasteiger partial charge in [0.1, 0.15) is 0 Å². The van der Waals surface area contributed by atoms with Crippen LogP contribution in [0.2, 0.25) is 5.02 Å². The number of thiophene rings is 1. The molecule has 1 saturated heterocycles. The van der Waals surface area contributed by atoms with Gasteiger partial charge in [0.25, 0.3) is 5.91 Å². The van der Waals surface area contributed by atoms with E-state index in [4.69, 9.17) is 11.6 Å². The highest BCUT2D eigenvalue weighted by molar-refractivity contribution is 7.89. The van der Waals surface area contributed by atoms with Gasteiger partial charge in [-0.3, -0.25) is 9.59 Å². The van der Waals surface area contributed by atoms with E-state index in [1.165, 1.54) is 39.9 Å². The van der Waals surface area contributed by atoms with Crippen molar-refractivity contribution in [3.05, 3.63) is 87.1 Å². The summed E-state index contributed by atoms with van der Waals surface area (Å²) in [5.74, 6) is -0.466. The number of piperazine rings is 1. The number of hydrogen-bond donors (Lipinski definition) is 0. The summed E-state index contributed by atoms with van der Waals surface area (Å²) in [5, 5.41) is 2.28. The van der Waals surface area contributed by atoms with Crippen molar-refractivity contribution < 1.29 is 18.0 Å². The summed E-state index contributed by atoms with van der Waals surface area (Å²) in [6.07, 6.45) is 0. The lowest BCUT2D eigenvalue weighted by Gasteiger charge is -2.34. The molecule has 1 amide bonds. The number of hydrogen-bond acceptors (Lipinski definition) is 5. The molecule has 9 heteroatoms. The second-order valence-corrected chi connectivity index (χ2v) is 10.3. The van der Waals surface area contributed by atoms with Gasteiger partial charge in [-0.1, -0.05) is 35.9 Å². The van der Waals surface area contributed by atoms with E-state index < -0.39 is 10.0 Å². The summed E-state index contributed by atoms with van der Waals surface area (Å²) in [6, 6.07) is 16.3. The zero-order chi connectivity index (χ0) is 22.0. The molecule has 4 rings (SSSR count). The molecule has 1 aliphatic rings. The van der Waals surface area contributed by atoms with Crippen LogP contribution in [0, 0.1) is 0 Å². The van der Waals surface area contributed by atoms with Gasteiger partial charge in [0.05, 0.1) is 15.3 Å². The second-order valence-electron chi connectivity index (χ2n) is 7.00. The maximum atomic E-state index is 13.2. The van der Waals surface area contributed by atoms with Gasteiger partial charge in [0.15, 0.2) is 0 Å². The van der Waals surface area contributed by atoms with Gasteiger partial charge >= 0.3 is 0 Å². The molecule has 1 aromatic heterocycles. The van der Waals surface area contributed by atoms with Crippen molar-refractivity contribution in [2.45, 2.75) is 4.90 Å². The number of rotatable bonds is 5. The van der Waals surface area contributed by atoms with E-state index in [0.717, 1.165) is 0 Å². The average molecular weight is 475 g/mol. The van der Waals surface area contributed by atoms with Gasteiger partial charge in [0, 0.05) is 36.8 Å². The number of halogens is 1. The van der Waals surface area contributed by atoms with Crippen LogP contribution < -0.4 is 0 Å². The molecular formula is C22H19ClN2O4S2. The fourth-order valence-electron chi connectivity index (χ4n) is 3.47. The van der Waals surface area contributed by atoms with Gasteiger partial charge in [-0.25, -0.2) is 8.42 Å². The van der Waals surface area contributed by atoms with Crippen LogP contribution in [0.4, 0.5) is 0 Å². The SMILES string of the molecule is O=C(c1cccs1)c1ccccc1C(=O)N1CCN(S(=O)(=O)c2ccc(Cl)cc2)CC1. The zero-order valence-corrected chi connectivity index (χ0v) is 18.8. The third kappa shape index (κ3) is 4.43. The van der Waals surface area contributed by atoms with Crippen LogP contribution in [0.1, 0.15) is 25.6 Å². The Labute approximate surface area is 189 Å². The number of amides is 1. The van der Waals surface area contributed by atoms with Crippen molar-refractivity contribution in [3.63, 3.8) is 0 Å². The normalized spacial score (nSPS) is 15.1. The minimum atomic E-state index is -3.66. The van der Waals surface area contributed by atoms with Crippen LogP contribution in [0.15, 0.2) is 70.9 Å². The Morgan fingerprint density at radius 1 is 0.839 bits per heavy atom. The summed E-state index contributed by atoms with van der Waals surface area (Å²) in [4.78, 5) is 28.3. The first-order chi connectivity index (χ1) is 14.9. The third-order valence-electron chi connectivity index (χ3n) is 5.12. The number of carbonyl (C=O) groups excluding carboxylic acids is 2. The predicted molar refractivity (Wildman–Crippen MR) is 120 cm³/mol. The van der Waals surface area contributed by atoms with E-state index in [1.807, 2.05) is 5.38 Å². The van der Waals surface area contributed by atoms with E-state index in [0.29, 0.717) is 21.0 Å². The molecule has 6 nitrogen and oxygen atoms in total. The Morgan fingerprint density at radius 2 is 1.48 bits per heavy atom. The molecule has 1 fully saturated rings. The van der Waals surface area contributed by atoms with Crippen molar-refractivity contribution >= 4 is 44.7 Å². The third-order valence-corrected chi connectivity index (χ3v) is 8.16. The highest BCUT2D eigenvalue weighted by Crippen LogP contribution is 2.23. The quantitative estimate of drug-likeness (QED) is 0.527. The molecule has 0 spiro atoms. The maximum Gasteiger partial charge on any atom is 0.254 e. The van der Waals surface area contributed by atoms with Crippen LogP contribution in [0.25, 0.3) is 0 Å². The smallest absolute Gasteiger partial charge is 0.254 e. The first kappa shape index (κ1) is 21.7. The number of benzene rings is 2. The molecule has 0 N–H and O–H groups in total. The monoisotopic (exact) mass is 474 g/mol. The van der Waals surface area contributed by atoms with Gasteiger partial charge in [0.2, 0.25) is 15.8 Å². The van der Waals surface area contributed by atoms with Crippen molar-refractivity contribution in [1.29, 1.82) is 0 Å². The summed E-state index contributed by atoms with van der Waals surface area (Å²) < 4.78 is 27.1. The van der Waals surface area contributed by atoms with E-state index >= 15 is 0 Å². The van der Waals surface area contributed by atoms with Crippen LogP contribution in [-0.4, -0.2) is 55.5 Å². The molecule has 31 heavy (non-hydrogen) atoms. The molecule has 3 aromatic rings.